The van der Waals surface area contributed by atoms with E-state index >= 15 is 0 Å². The molecule has 31 heavy (non-hydrogen) atoms. The number of carbonyl (C=O) groups is 2. The van der Waals surface area contributed by atoms with Gasteiger partial charge in [-0.05, 0) is 35.4 Å². The minimum absolute atomic E-state index is 0.0205. The van der Waals surface area contributed by atoms with Crippen molar-refractivity contribution in [1.29, 1.82) is 0 Å². The maximum Gasteiger partial charge on any atom is 0.325 e. The molecule has 0 radical (unpaired) electrons. The number of urea groups is 1. The molecule has 0 aliphatic heterocycles. The van der Waals surface area contributed by atoms with Crippen molar-refractivity contribution in [3.05, 3.63) is 36.0 Å². The molecule has 1 aliphatic rings. The number of rotatable bonds is 6. The lowest BCUT2D eigenvalue weighted by Gasteiger charge is -2.13. The summed E-state index contributed by atoms with van der Waals surface area (Å²) in [5, 5.41) is 15.3. The van der Waals surface area contributed by atoms with Crippen LogP contribution in [0.15, 0.2) is 39.8 Å². The van der Waals surface area contributed by atoms with E-state index < -0.39 is 15.9 Å². The third-order valence-corrected chi connectivity index (χ3v) is 8.04. The van der Waals surface area contributed by atoms with Gasteiger partial charge in [-0.25, -0.2) is 22.9 Å². The molecule has 1 aromatic carbocycles. The number of nitrogens with zero attached hydrogens (tertiary/aromatic N) is 5. The van der Waals surface area contributed by atoms with E-state index in [4.69, 9.17) is 0 Å². The Morgan fingerprint density at radius 2 is 1.90 bits per heavy atom. The van der Waals surface area contributed by atoms with Crippen LogP contribution >= 0.6 is 11.3 Å². The van der Waals surface area contributed by atoms with Gasteiger partial charge in [-0.2, -0.15) is 0 Å². The third kappa shape index (κ3) is 4.32. The van der Waals surface area contributed by atoms with Gasteiger partial charge in [0.15, 0.2) is 10.9 Å². The summed E-state index contributed by atoms with van der Waals surface area (Å²) >= 11 is 0.770. The normalized spacial score (nSPS) is 14.5. The first-order valence-electron chi connectivity index (χ1n) is 9.51. The predicted molar refractivity (Wildman–Crippen MR) is 112 cm³/mol. The number of nitrogens with one attached hydrogen (secondary N) is 2. The fraction of sp³-hybridized carbons (Fsp3) is 0.333. The van der Waals surface area contributed by atoms with E-state index in [1.807, 2.05) is 0 Å². The Kier molecular flexibility index (Phi) is 5.78. The standard InChI is InChI=1S/C18H19N7O4S2/c1-25-18(22-23-24-25)31(28,29)14-10-19-17(30-14)21-16(27)20-13-9-5-4-8-12(13)15(26)11-6-2-3-7-11/h4-5,8-11H,2-3,6-7H2,1H3,(H2,19,20,21,27). The maximum absolute atomic E-state index is 12.8. The average Bonchev–Trinajstić information content (AvgIpc) is 3.50. The lowest BCUT2D eigenvalue weighted by Crippen LogP contribution is -2.22. The van der Waals surface area contributed by atoms with Gasteiger partial charge in [0.2, 0.25) is 0 Å². The Labute approximate surface area is 181 Å². The molecule has 2 heterocycles. The van der Waals surface area contributed by atoms with E-state index in [-0.39, 0.29) is 26.2 Å². The van der Waals surface area contributed by atoms with Crippen molar-refractivity contribution in [2.45, 2.75) is 35.0 Å². The first-order valence-corrected chi connectivity index (χ1v) is 11.8. The molecule has 13 heteroatoms. The van der Waals surface area contributed by atoms with Gasteiger partial charge in [-0.3, -0.25) is 10.1 Å². The highest BCUT2D eigenvalue weighted by atomic mass is 32.2. The number of thiazole rings is 1. The van der Waals surface area contributed by atoms with Crippen LogP contribution in [0.5, 0.6) is 0 Å². The molecule has 3 aromatic rings. The van der Waals surface area contributed by atoms with Crippen LogP contribution in [-0.4, -0.2) is 45.4 Å². The van der Waals surface area contributed by atoms with E-state index in [2.05, 4.69) is 31.1 Å². The van der Waals surface area contributed by atoms with Gasteiger partial charge in [0.1, 0.15) is 4.21 Å². The first kappa shape index (κ1) is 21.1. The highest BCUT2D eigenvalue weighted by molar-refractivity contribution is 7.93. The lowest BCUT2D eigenvalue weighted by molar-refractivity contribution is 0.0923. The van der Waals surface area contributed by atoms with E-state index in [1.54, 1.807) is 24.3 Å². The first-order chi connectivity index (χ1) is 14.9. The van der Waals surface area contributed by atoms with Gasteiger partial charge in [-0.15, -0.1) is 0 Å². The second kappa shape index (κ2) is 8.51. The molecular formula is C18H19N7O4S2. The number of anilines is 2. The summed E-state index contributed by atoms with van der Waals surface area (Å²) in [6.45, 7) is 0. The molecule has 1 aliphatic carbocycles. The number of amides is 2. The molecule has 0 atom stereocenters. The van der Waals surface area contributed by atoms with Gasteiger partial charge in [0, 0.05) is 18.5 Å². The quantitative estimate of drug-likeness (QED) is 0.532. The number of hydrogen-bond donors (Lipinski definition) is 2. The zero-order chi connectivity index (χ0) is 22.0. The van der Waals surface area contributed by atoms with Crippen molar-refractivity contribution in [1.82, 2.24) is 25.2 Å². The smallest absolute Gasteiger partial charge is 0.307 e. The Balaban J connectivity index is 1.47. The van der Waals surface area contributed by atoms with Crippen molar-refractivity contribution >= 4 is 43.8 Å². The Morgan fingerprint density at radius 3 is 2.61 bits per heavy atom. The van der Waals surface area contributed by atoms with Crippen LogP contribution < -0.4 is 10.6 Å². The highest BCUT2D eigenvalue weighted by Crippen LogP contribution is 2.31. The van der Waals surface area contributed by atoms with E-state index in [0.717, 1.165) is 47.9 Å². The summed E-state index contributed by atoms with van der Waals surface area (Å²) < 4.78 is 26.1. The van der Waals surface area contributed by atoms with Crippen molar-refractivity contribution < 1.29 is 18.0 Å². The van der Waals surface area contributed by atoms with Gasteiger partial charge in [-0.1, -0.05) is 41.4 Å². The summed E-state index contributed by atoms with van der Waals surface area (Å²) in [6.07, 6.45) is 4.91. The molecule has 1 fully saturated rings. The Bertz CT molecular complexity index is 1230. The molecule has 2 N–H and O–H groups in total. The predicted octanol–water partition coefficient (Wildman–Crippen LogP) is 2.52. The minimum Gasteiger partial charge on any atom is -0.307 e. The zero-order valence-electron chi connectivity index (χ0n) is 16.5. The number of ketones is 1. The summed E-state index contributed by atoms with van der Waals surface area (Å²) in [6, 6.07) is 6.19. The fourth-order valence-electron chi connectivity index (χ4n) is 3.45. The number of aromatic nitrogens is 5. The summed E-state index contributed by atoms with van der Waals surface area (Å²) in [7, 11) is -2.55. The molecule has 11 nitrogen and oxygen atoms in total. The third-order valence-electron chi connectivity index (χ3n) is 4.96. The van der Waals surface area contributed by atoms with Crippen LogP contribution in [0.25, 0.3) is 0 Å². The maximum atomic E-state index is 12.8. The molecule has 1 saturated carbocycles. The van der Waals surface area contributed by atoms with E-state index in [1.165, 1.54) is 7.05 Å². The van der Waals surface area contributed by atoms with Gasteiger partial charge < -0.3 is 5.32 Å². The Morgan fingerprint density at radius 1 is 1.16 bits per heavy atom. The minimum atomic E-state index is -3.96. The molecule has 0 spiro atoms. The van der Waals surface area contributed by atoms with Crippen molar-refractivity contribution in [2.75, 3.05) is 10.6 Å². The molecular weight excluding hydrogens is 442 g/mol. The van der Waals surface area contributed by atoms with Crippen molar-refractivity contribution in [2.24, 2.45) is 13.0 Å². The second-order valence-electron chi connectivity index (χ2n) is 7.04. The number of para-hydroxylation sites is 1. The molecule has 0 saturated heterocycles. The van der Waals surface area contributed by atoms with Crippen LogP contribution in [0.1, 0.15) is 36.0 Å². The highest BCUT2D eigenvalue weighted by Gasteiger charge is 2.28. The largest absolute Gasteiger partial charge is 0.325 e. The van der Waals surface area contributed by atoms with Crippen molar-refractivity contribution in [3.63, 3.8) is 0 Å². The van der Waals surface area contributed by atoms with Gasteiger partial charge in [0.25, 0.3) is 15.0 Å². The number of tetrazole rings is 1. The Hall–Kier alpha value is -3.19. The topological polar surface area (TPSA) is 149 Å². The summed E-state index contributed by atoms with van der Waals surface area (Å²) in [4.78, 5) is 29.2. The monoisotopic (exact) mass is 461 g/mol. The van der Waals surface area contributed by atoms with Gasteiger partial charge in [0.05, 0.1) is 11.9 Å². The van der Waals surface area contributed by atoms with E-state index in [9.17, 15) is 18.0 Å². The molecule has 2 aromatic heterocycles. The van der Waals surface area contributed by atoms with Crippen LogP contribution in [0, 0.1) is 5.92 Å². The number of benzene rings is 1. The fourth-order valence-corrected chi connectivity index (χ4v) is 5.79. The molecule has 0 bridgehead atoms. The van der Waals surface area contributed by atoms with Gasteiger partial charge >= 0.3 is 6.03 Å². The summed E-state index contributed by atoms with van der Waals surface area (Å²) in [5.74, 6) is 0.00107. The lowest BCUT2D eigenvalue weighted by atomic mass is 9.95. The van der Waals surface area contributed by atoms with Crippen LogP contribution in [0.4, 0.5) is 15.6 Å². The number of aryl methyl sites for hydroxylation is 1. The second-order valence-corrected chi connectivity index (χ2v) is 10.1. The number of hydrogen-bond acceptors (Lipinski definition) is 9. The number of carbonyl (C=O) groups excluding carboxylic acids is 2. The zero-order valence-corrected chi connectivity index (χ0v) is 18.1. The SMILES string of the molecule is Cn1nnnc1S(=O)(=O)c1cnc(NC(=O)Nc2ccccc2C(=O)C2CCCC2)s1. The molecule has 0 unspecified atom stereocenters. The number of sulfone groups is 1. The van der Waals surface area contributed by atoms with Crippen LogP contribution in [0.2, 0.25) is 0 Å². The molecule has 4 rings (SSSR count). The van der Waals surface area contributed by atoms with E-state index in [0.29, 0.717) is 11.3 Å². The molecule has 162 valence electrons. The van der Waals surface area contributed by atoms with Crippen LogP contribution in [0.3, 0.4) is 0 Å². The van der Waals surface area contributed by atoms with Crippen LogP contribution in [-0.2, 0) is 16.9 Å². The average molecular weight is 462 g/mol. The van der Waals surface area contributed by atoms with Crippen molar-refractivity contribution in [3.8, 4) is 0 Å². The molecule has 2 amide bonds. The summed E-state index contributed by atoms with van der Waals surface area (Å²) in [5.41, 5.74) is 0.855. The number of Topliss-reactive ketones (excluding diaryl/α,β-unsaturated/α-hetero) is 1.